The highest BCUT2D eigenvalue weighted by molar-refractivity contribution is 9.10. The van der Waals surface area contributed by atoms with Gasteiger partial charge in [0, 0.05) is 16.0 Å². The molecule has 100 valence electrons. The Morgan fingerprint density at radius 1 is 1.37 bits per heavy atom. The SMILES string of the molecule is NCC1CCCC1c1nc(-c2cccc(Br)c2)no1. The molecule has 1 aromatic carbocycles. The van der Waals surface area contributed by atoms with Gasteiger partial charge in [-0.05, 0) is 37.4 Å². The normalized spacial score (nSPS) is 22.8. The molecule has 1 saturated carbocycles. The average Bonchev–Trinajstić information content (AvgIpc) is 3.07. The van der Waals surface area contributed by atoms with Crippen LogP contribution in [0.25, 0.3) is 11.4 Å². The number of hydrogen-bond donors (Lipinski definition) is 1. The van der Waals surface area contributed by atoms with Crippen molar-refractivity contribution in [3.63, 3.8) is 0 Å². The van der Waals surface area contributed by atoms with Gasteiger partial charge in [-0.2, -0.15) is 4.98 Å². The van der Waals surface area contributed by atoms with Crippen LogP contribution >= 0.6 is 15.9 Å². The number of rotatable bonds is 3. The first-order valence-electron chi connectivity index (χ1n) is 6.57. The molecule has 2 atom stereocenters. The molecule has 5 heteroatoms. The summed E-state index contributed by atoms with van der Waals surface area (Å²) < 4.78 is 6.45. The number of hydrogen-bond acceptors (Lipinski definition) is 4. The molecule has 3 rings (SSSR count). The summed E-state index contributed by atoms with van der Waals surface area (Å²) in [6.45, 7) is 0.694. The Kier molecular flexibility index (Phi) is 3.66. The molecule has 0 amide bonds. The zero-order valence-electron chi connectivity index (χ0n) is 10.6. The second kappa shape index (κ2) is 5.43. The maximum absolute atomic E-state index is 5.80. The smallest absolute Gasteiger partial charge is 0.230 e. The lowest BCUT2D eigenvalue weighted by molar-refractivity contribution is 0.326. The minimum absolute atomic E-state index is 0.332. The van der Waals surface area contributed by atoms with Crippen LogP contribution in [0.4, 0.5) is 0 Å². The molecule has 1 fully saturated rings. The summed E-state index contributed by atoms with van der Waals surface area (Å²) in [5.74, 6) is 2.20. The van der Waals surface area contributed by atoms with Crippen molar-refractivity contribution < 1.29 is 4.52 Å². The van der Waals surface area contributed by atoms with E-state index in [0.29, 0.717) is 24.2 Å². The molecule has 1 aliphatic carbocycles. The lowest BCUT2D eigenvalue weighted by Gasteiger charge is -2.12. The Balaban J connectivity index is 1.87. The summed E-state index contributed by atoms with van der Waals surface area (Å²) in [5.41, 5.74) is 6.77. The molecule has 4 nitrogen and oxygen atoms in total. The van der Waals surface area contributed by atoms with E-state index in [4.69, 9.17) is 10.3 Å². The molecular weight excluding hydrogens is 306 g/mol. The molecule has 2 unspecified atom stereocenters. The fourth-order valence-corrected chi connectivity index (χ4v) is 3.17. The van der Waals surface area contributed by atoms with Gasteiger partial charge < -0.3 is 10.3 Å². The molecule has 2 N–H and O–H groups in total. The summed E-state index contributed by atoms with van der Waals surface area (Å²) >= 11 is 3.45. The van der Waals surface area contributed by atoms with Crippen molar-refractivity contribution in [1.29, 1.82) is 0 Å². The Bertz CT molecular complexity index is 569. The van der Waals surface area contributed by atoms with E-state index in [1.54, 1.807) is 0 Å². The van der Waals surface area contributed by atoms with E-state index >= 15 is 0 Å². The van der Waals surface area contributed by atoms with Gasteiger partial charge in [0.05, 0.1) is 0 Å². The lowest BCUT2D eigenvalue weighted by Crippen LogP contribution is -2.17. The lowest BCUT2D eigenvalue weighted by atomic mass is 9.96. The van der Waals surface area contributed by atoms with E-state index in [1.807, 2.05) is 24.3 Å². The van der Waals surface area contributed by atoms with Gasteiger partial charge in [-0.25, -0.2) is 0 Å². The molecule has 0 bridgehead atoms. The highest BCUT2D eigenvalue weighted by Gasteiger charge is 2.31. The molecule has 1 aliphatic rings. The topological polar surface area (TPSA) is 64.9 Å². The van der Waals surface area contributed by atoms with Gasteiger partial charge in [0.25, 0.3) is 0 Å². The quantitative estimate of drug-likeness (QED) is 0.941. The van der Waals surface area contributed by atoms with E-state index in [1.165, 1.54) is 6.42 Å². The predicted octanol–water partition coefficient (Wildman–Crippen LogP) is 3.34. The minimum atomic E-state index is 0.332. The monoisotopic (exact) mass is 321 g/mol. The third-order valence-electron chi connectivity index (χ3n) is 3.80. The van der Waals surface area contributed by atoms with Gasteiger partial charge in [0.1, 0.15) is 0 Å². The minimum Gasteiger partial charge on any atom is -0.339 e. The zero-order valence-corrected chi connectivity index (χ0v) is 12.1. The third kappa shape index (κ3) is 2.58. The largest absolute Gasteiger partial charge is 0.339 e. The van der Waals surface area contributed by atoms with Crippen molar-refractivity contribution in [3.05, 3.63) is 34.6 Å². The van der Waals surface area contributed by atoms with Crippen LogP contribution in [-0.2, 0) is 0 Å². The van der Waals surface area contributed by atoms with E-state index < -0.39 is 0 Å². The van der Waals surface area contributed by atoms with Crippen LogP contribution in [0.3, 0.4) is 0 Å². The summed E-state index contributed by atoms with van der Waals surface area (Å²) in [7, 11) is 0. The van der Waals surface area contributed by atoms with Gasteiger partial charge in [-0.15, -0.1) is 0 Å². The van der Waals surface area contributed by atoms with Crippen LogP contribution in [0.15, 0.2) is 33.3 Å². The van der Waals surface area contributed by atoms with Crippen molar-refractivity contribution >= 4 is 15.9 Å². The Morgan fingerprint density at radius 2 is 2.26 bits per heavy atom. The van der Waals surface area contributed by atoms with Gasteiger partial charge in [-0.1, -0.05) is 39.6 Å². The van der Waals surface area contributed by atoms with Crippen molar-refractivity contribution in [3.8, 4) is 11.4 Å². The number of aromatic nitrogens is 2. The summed E-state index contributed by atoms with van der Waals surface area (Å²) in [6, 6.07) is 7.91. The molecule has 0 spiro atoms. The fourth-order valence-electron chi connectivity index (χ4n) is 2.77. The molecular formula is C14H16BrN3O. The first kappa shape index (κ1) is 12.8. The van der Waals surface area contributed by atoms with Crippen LogP contribution in [0.2, 0.25) is 0 Å². The standard InChI is InChI=1S/C14H16BrN3O/c15-11-5-1-3-9(7-11)13-17-14(19-18-13)12-6-2-4-10(12)8-16/h1,3,5,7,10,12H,2,4,6,8,16H2. The summed E-state index contributed by atoms with van der Waals surface area (Å²) in [5, 5.41) is 4.09. The molecule has 2 aromatic rings. The maximum atomic E-state index is 5.80. The molecule has 0 aliphatic heterocycles. The van der Waals surface area contributed by atoms with Gasteiger partial charge in [0.15, 0.2) is 0 Å². The van der Waals surface area contributed by atoms with Gasteiger partial charge >= 0.3 is 0 Å². The Hall–Kier alpha value is -1.20. The van der Waals surface area contributed by atoms with E-state index in [2.05, 4.69) is 26.1 Å². The van der Waals surface area contributed by atoms with Crippen LogP contribution < -0.4 is 5.73 Å². The van der Waals surface area contributed by atoms with E-state index in [0.717, 1.165) is 28.8 Å². The van der Waals surface area contributed by atoms with Crippen molar-refractivity contribution in [1.82, 2.24) is 10.1 Å². The summed E-state index contributed by atoms with van der Waals surface area (Å²) in [4.78, 5) is 4.55. The van der Waals surface area contributed by atoms with Crippen molar-refractivity contribution in [2.24, 2.45) is 11.7 Å². The first-order valence-corrected chi connectivity index (χ1v) is 7.37. The Labute approximate surface area is 120 Å². The van der Waals surface area contributed by atoms with Crippen molar-refractivity contribution in [2.75, 3.05) is 6.54 Å². The maximum Gasteiger partial charge on any atom is 0.230 e. The zero-order chi connectivity index (χ0) is 13.2. The molecule has 19 heavy (non-hydrogen) atoms. The first-order chi connectivity index (χ1) is 9.28. The molecule has 1 heterocycles. The molecule has 1 aromatic heterocycles. The van der Waals surface area contributed by atoms with Gasteiger partial charge in [0.2, 0.25) is 11.7 Å². The number of benzene rings is 1. The second-order valence-electron chi connectivity index (χ2n) is 5.00. The van der Waals surface area contributed by atoms with E-state index in [-0.39, 0.29) is 0 Å². The average molecular weight is 322 g/mol. The van der Waals surface area contributed by atoms with Crippen LogP contribution in [0.5, 0.6) is 0 Å². The third-order valence-corrected chi connectivity index (χ3v) is 4.30. The highest BCUT2D eigenvalue weighted by Crippen LogP contribution is 2.38. The number of halogens is 1. The Morgan fingerprint density at radius 3 is 3.05 bits per heavy atom. The summed E-state index contributed by atoms with van der Waals surface area (Å²) in [6.07, 6.45) is 3.46. The van der Waals surface area contributed by atoms with E-state index in [9.17, 15) is 0 Å². The molecule has 0 radical (unpaired) electrons. The number of nitrogens with zero attached hydrogens (tertiary/aromatic N) is 2. The second-order valence-corrected chi connectivity index (χ2v) is 5.92. The fraction of sp³-hybridized carbons (Fsp3) is 0.429. The van der Waals surface area contributed by atoms with Crippen molar-refractivity contribution in [2.45, 2.75) is 25.2 Å². The van der Waals surface area contributed by atoms with Gasteiger partial charge in [-0.3, -0.25) is 0 Å². The number of nitrogens with two attached hydrogens (primary N) is 1. The molecule has 0 saturated heterocycles. The van der Waals surface area contributed by atoms with Crippen LogP contribution in [-0.4, -0.2) is 16.7 Å². The van der Waals surface area contributed by atoms with Crippen LogP contribution in [0.1, 0.15) is 31.1 Å². The highest BCUT2D eigenvalue weighted by atomic mass is 79.9. The predicted molar refractivity (Wildman–Crippen MR) is 76.6 cm³/mol. The van der Waals surface area contributed by atoms with Crippen LogP contribution in [0, 0.1) is 5.92 Å².